The second-order valence-electron chi connectivity index (χ2n) is 7.41. The van der Waals surface area contributed by atoms with E-state index < -0.39 is 34.3 Å². The van der Waals surface area contributed by atoms with Crippen LogP contribution in [0.4, 0.5) is 24.5 Å². The molecule has 0 aromatic heterocycles. The third-order valence-electron chi connectivity index (χ3n) is 4.71. The van der Waals surface area contributed by atoms with Crippen LogP contribution < -0.4 is 19.5 Å². The van der Waals surface area contributed by atoms with Crippen LogP contribution in [0.3, 0.4) is 0 Å². The Labute approximate surface area is 200 Å². The molecule has 3 aromatic carbocycles. The summed E-state index contributed by atoms with van der Waals surface area (Å²) in [5.74, 6) is 0.201. The van der Waals surface area contributed by atoms with Crippen molar-refractivity contribution in [2.45, 2.75) is 24.9 Å². The van der Waals surface area contributed by atoms with Crippen LogP contribution in [0.2, 0.25) is 0 Å². The summed E-state index contributed by atoms with van der Waals surface area (Å²) in [5, 5.41) is 2.34. The lowest BCUT2D eigenvalue weighted by Crippen LogP contribution is -2.21. The second kappa shape index (κ2) is 10.7. The van der Waals surface area contributed by atoms with Gasteiger partial charge in [0.05, 0.1) is 17.1 Å². The van der Waals surface area contributed by atoms with Gasteiger partial charge in [0.25, 0.3) is 15.9 Å². The number of benzene rings is 3. The molecule has 0 spiro atoms. The number of rotatable bonds is 9. The van der Waals surface area contributed by atoms with Gasteiger partial charge in [-0.3, -0.25) is 9.52 Å². The van der Waals surface area contributed by atoms with E-state index >= 15 is 0 Å². The minimum Gasteiger partial charge on any atom is -0.494 e. The van der Waals surface area contributed by atoms with E-state index in [1.165, 1.54) is 30.3 Å². The van der Waals surface area contributed by atoms with Gasteiger partial charge in [-0.05, 0) is 80.1 Å². The fraction of sp³-hybridized carbons (Fsp3) is 0.208. The van der Waals surface area contributed by atoms with Crippen LogP contribution in [0.15, 0.2) is 71.6 Å². The van der Waals surface area contributed by atoms with Crippen LogP contribution in [0.1, 0.15) is 18.1 Å². The summed E-state index contributed by atoms with van der Waals surface area (Å²) in [6.45, 7) is 3.46. The number of halogens is 3. The highest BCUT2D eigenvalue weighted by Gasteiger charge is 2.30. The first kappa shape index (κ1) is 25.9. The highest BCUT2D eigenvalue weighted by Crippen LogP contribution is 2.30. The highest BCUT2D eigenvalue weighted by atomic mass is 32.2. The molecule has 3 aromatic rings. The van der Waals surface area contributed by atoms with Gasteiger partial charge in [-0.2, -0.15) is 13.2 Å². The van der Waals surface area contributed by atoms with E-state index in [9.17, 15) is 26.4 Å². The maximum atomic E-state index is 12.8. The Morgan fingerprint density at radius 1 is 0.943 bits per heavy atom. The molecule has 0 saturated heterocycles. The number of anilines is 2. The van der Waals surface area contributed by atoms with Crippen molar-refractivity contribution in [2.24, 2.45) is 0 Å². The molecule has 186 valence electrons. The number of sulfonamides is 1. The zero-order valence-electron chi connectivity index (χ0n) is 18.8. The zero-order valence-corrected chi connectivity index (χ0v) is 19.7. The van der Waals surface area contributed by atoms with Crippen LogP contribution in [-0.2, 0) is 21.0 Å². The monoisotopic (exact) mass is 508 g/mol. The van der Waals surface area contributed by atoms with E-state index in [4.69, 9.17) is 9.47 Å². The normalized spacial score (nSPS) is 11.6. The average Bonchev–Trinajstić information content (AvgIpc) is 2.79. The van der Waals surface area contributed by atoms with Gasteiger partial charge in [0.2, 0.25) is 0 Å². The molecule has 35 heavy (non-hydrogen) atoms. The Hall–Kier alpha value is -3.73. The smallest absolute Gasteiger partial charge is 0.416 e. The third-order valence-corrected chi connectivity index (χ3v) is 6.09. The number of carbonyl (C=O) groups is 1. The molecule has 0 radical (unpaired) electrons. The Balaban J connectivity index is 1.62. The number of alkyl halides is 3. The molecule has 0 aliphatic heterocycles. The minimum absolute atomic E-state index is 0.00958. The van der Waals surface area contributed by atoms with Crippen LogP contribution >= 0.6 is 0 Å². The lowest BCUT2D eigenvalue weighted by Gasteiger charge is -2.13. The summed E-state index contributed by atoms with van der Waals surface area (Å²) < 4.78 is 77.1. The number of aryl methyl sites for hydroxylation is 1. The standard InChI is InChI=1S/C24H23F3N2O5S/c1-3-33-20-9-7-18(8-10-20)29-35(31,32)21-11-12-22(16(2)13-21)34-15-23(30)28-19-6-4-5-17(14-19)24(25,26)27/h4-14,29H,3,15H2,1-2H3,(H,28,30). The van der Waals surface area contributed by atoms with Crippen molar-refractivity contribution in [3.8, 4) is 11.5 Å². The van der Waals surface area contributed by atoms with Gasteiger partial charge in [0.1, 0.15) is 11.5 Å². The summed E-state index contributed by atoms with van der Waals surface area (Å²) >= 11 is 0. The quantitative estimate of drug-likeness (QED) is 0.413. The van der Waals surface area contributed by atoms with Crippen molar-refractivity contribution < 1.29 is 35.9 Å². The van der Waals surface area contributed by atoms with Gasteiger partial charge in [-0.1, -0.05) is 6.07 Å². The fourth-order valence-electron chi connectivity index (χ4n) is 3.06. The predicted molar refractivity (Wildman–Crippen MR) is 125 cm³/mol. The van der Waals surface area contributed by atoms with E-state index in [1.807, 2.05) is 6.92 Å². The number of amides is 1. The van der Waals surface area contributed by atoms with Crippen molar-refractivity contribution in [3.05, 3.63) is 77.9 Å². The molecule has 0 aliphatic carbocycles. The Morgan fingerprint density at radius 2 is 1.66 bits per heavy atom. The highest BCUT2D eigenvalue weighted by molar-refractivity contribution is 7.92. The van der Waals surface area contributed by atoms with Crippen molar-refractivity contribution in [2.75, 3.05) is 23.3 Å². The number of hydrogen-bond donors (Lipinski definition) is 2. The number of ether oxygens (including phenoxy) is 2. The number of nitrogens with one attached hydrogen (secondary N) is 2. The molecule has 0 unspecified atom stereocenters. The van der Waals surface area contributed by atoms with E-state index in [-0.39, 0.29) is 16.3 Å². The van der Waals surface area contributed by atoms with Gasteiger partial charge in [0.15, 0.2) is 6.61 Å². The largest absolute Gasteiger partial charge is 0.494 e. The third kappa shape index (κ3) is 7.12. The maximum Gasteiger partial charge on any atom is 0.416 e. The number of hydrogen-bond acceptors (Lipinski definition) is 5. The Morgan fingerprint density at radius 3 is 2.29 bits per heavy atom. The Bertz CT molecular complexity index is 1290. The summed E-state index contributed by atoms with van der Waals surface area (Å²) in [4.78, 5) is 12.1. The molecule has 0 heterocycles. The van der Waals surface area contributed by atoms with E-state index in [2.05, 4.69) is 10.0 Å². The molecule has 0 saturated carbocycles. The maximum absolute atomic E-state index is 12.8. The molecule has 1 amide bonds. The topological polar surface area (TPSA) is 93.7 Å². The van der Waals surface area contributed by atoms with Gasteiger partial charge in [0, 0.05) is 11.4 Å². The van der Waals surface area contributed by atoms with Crippen molar-refractivity contribution in [1.82, 2.24) is 0 Å². The van der Waals surface area contributed by atoms with E-state index in [0.29, 0.717) is 23.6 Å². The molecular weight excluding hydrogens is 485 g/mol. The first-order valence-corrected chi connectivity index (χ1v) is 11.9. The lowest BCUT2D eigenvalue weighted by molar-refractivity contribution is -0.137. The summed E-state index contributed by atoms with van der Waals surface area (Å²) in [5.41, 5.74) is -0.0983. The minimum atomic E-state index is -4.53. The van der Waals surface area contributed by atoms with Crippen molar-refractivity contribution >= 4 is 27.3 Å². The molecular formula is C24H23F3N2O5S. The van der Waals surface area contributed by atoms with Crippen LogP contribution in [-0.4, -0.2) is 27.5 Å². The summed E-state index contributed by atoms with van der Waals surface area (Å²) in [6, 6.07) is 14.8. The second-order valence-corrected chi connectivity index (χ2v) is 9.09. The van der Waals surface area contributed by atoms with Gasteiger partial charge >= 0.3 is 6.18 Å². The van der Waals surface area contributed by atoms with Gasteiger partial charge < -0.3 is 14.8 Å². The Kier molecular flexibility index (Phi) is 7.90. The van der Waals surface area contributed by atoms with Crippen molar-refractivity contribution in [1.29, 1.82) is 0 Å². The van der Waals surface area contributed by atoms with Crippen LogP contribution in [0.5, 0.6) is 11.5 Å². The average molecular weight is 509 g/mol. The first-order valence-electron chi connectivity index (χ1n) is 10.4. The number of carbonyl (C=O) groups excluding carboxylic acids is 1. The zero-order chi connectivity index (χ0) is 25.6. The van der Waals surface area contributed by atoms with Gasteiger partial charge in [-0.15, -0.1) is 0 Å². The molecule has 0 atom stereocenters. The summed E-state index contributed by atoms with van der Waals surface area (Å²) in [6.07, 6.45) is -4.53. The molecule has 0 bridgehead atoms. The van der Waals surface area contributed by atoms with Crippen LogP contribution in [0, 0.1) is 6.92 Å². The van der Waals surface area contributed by atoms with E-state index in [0.717, 1.165) is 12.1 Å². The van der Waals surface area contributed by atoms with Gasteiger partial charge in [-0.25, -0.2) is 8.42 Å². The first-order chi connectivity index (χ1) is 16.5. The SMILES string of the molecule is CCOc1ccc(NS(=O)(=O)c2ccc(OCC(=O)Nc3cccc(C(F)(F)F)c3)c(C)c2)cc1. The molecule has 0 aliphatic rings. The van der Waals surface area contributed by atoms with Crippen molar-refractivity contribution in [3.63, 3.8) is 0 Å². The summed E-state index contributed by atoms with van der Waals surface area (Å²) in [7, 11) is -3.88. The molecule has 11 heteroatoms. The lowest BCUT2D eigenvalue weighted by atomic mass is 10.2. The molecule has 3 rings (SSSR count). The van der Waals surface area contributed by atoms with Crippen LogP contribution in [0.25, 0.3) is 0 Å². The fourth-order valence-corrected chi connectivity index (χ4v) is 4.21. The molecule has 7 nitrogen and oxygen atoms in total. The molecule has 2 N–H and O–H groups in total. The molecule has 0 fully saturated rings. The predicted octanol–water partition coefficient (Wildman–Crippen LogP) is 5.23. The van der Waals surface area contributed by atoms with E-state index in [1.54, 1.807) is 31.2 Å².